The van der Waals surface area contributed by atoms with Crippen LogP contribution in [0, 0.1) is 0 Å². The van der Waals surface area contributed by atoms with E-state index >= 15 is 0 Å². The van der Waals surface area contributed by atoms with Gasteiger partial charge in [0.15, 0.2) is 5.75 Å². The van der Waals surface area contributed by atoms with Gasteiger partial charge in [-0.1, -0.05) is 41.4 Å². The smallest absolute Gasteiger partial charge is 0.328 e. The van der Waals surface area contributed by atoms with Gasteiger partial charge in [-0.05, 0) is 52.7 Å². The minimum Gasteiger partial charge on any atom is -0.486 e. The maximum absolute atomic E-state index is 12.2. The first-order valence-electron chi connectivity index (χ1n) is 8.10. The Morgan fingerprint density at radius 3 is 2.56 bits per heavy atom. The van der Waals surface area contributed by atoms with E-state index in [1.54, 1.807) is 31.2 Å². The normalized spacial score (nSPS) is 15.4. The number of ether oxygens (including phenoxy) is 1. The summed E-state index contributed by atoms with van der Waals surface area (Å²) in [6.07, 6.45) is 1.57. The first-order valence-corrected chi connectivity index (χ1v) is 9.65. The van der Waals surface area contributed by atoms with Crippen LogP contribution in [0.4, 0.5) is 4.79 Å². The molecule has 2 aromatic rings. The van der Waals surface area contributed by atoms with Gasteiger partial charge in [-0.2, -0.15) is 0 Å². The molecule has 1 fully saturated rings. The molecule has 0 saturated carbocycles. The van der Waals surface area contributed by atoms with Gasteiger partial charge in [-0.25, -0.2) is 4.79 Å². The van der Waals surface area contributed by atoms with Gasteiger partial charge in [0, 0.05) is 17.1 Å². The van der Waals surface area contributed by atoms with Crippen molar-refractivity contribution in [3.8, 4) is 5.75 Å². The quantitative estimate of drug-likeness (QED) is 0.480. The third-order valence-electron chi connectivity index (χ3n) is 3.94. The summed E-state index contributed by atoms with van der Waals surface area (Å²) >= 11 is 15.9. The number of halogens is 3. The van der Waals surface area contributed by atoms with E-state index in [4.69, 9.17) is 27.9 Å². The molecule has 3 rings (SSSR count). The largest absolute Gasteiger partial charge is 0.486 e. The summed E-state index contributed by atoms with van der Waals surface area (Å²) in [5.41, 5.74) is 1.69. The van der Waals surface area contributed by atoms with Gasteiger partial charge in [0.05, 0.1) is 9.50 Å². The summed E-state index contributed by atoms with van der Waals surface area (Å²) in [5.74, 6) is 0.101. The molecule has 0 radical (unpaired) electrons. The third-order valence-corrected chi connectivity index (χ3v) is 5.18. The maximum Gasteiger partial charge on any atom is 0.328 e. The van der Waals surface area contributed by atoms with Crippen molar-refractivity contribution >= 4 is 57.1 Å². The Bertz CT molecular complexity index is 923. The second-order valence-corrected chi connectivity index (χ2v) is 7.40. The highest BCUT2D eigenvalue weighted by molar-refractivity contribution is 9.10. The van der Waals surface area contributed by atoms with E-state index in [1.807, 2.05) is 18.2 Å². The van der Waals surface area contributed by atoms with Crippen LogP contribution in [-0.4, -0.2) is 23.4 Å². The van der Waals surface area contributed by atoms with E-state index in [0.717, 1.165) is 10.5 Å². The van der Waals surface area contributed by atoms with Crippen LogP contribution >= 0.6 is 39.1 Å². The lowest BCUT2D eigenvalue weighted by Gasteiger charge is -2.12. The second-order valence-electron chi connectivity index (χ2n) is 5.73. The average Bonchev–Trinajstić information content (AvgIpc) is 2.88. The van der Waals surface area contributed by atoms with Crippen LogP contribution in [0.1, 0.15) is 18.1 Å². The van der Waals surface area contributed by atoms with Crippen molar-refractivity contribution in [1.29, 1.82) is 0 Å². The molecule has 1 heterocycles. The third kappa shape index (κ3) is 4.29. The number of hydrogen-bond donors (Lipinski definition) is 1. The summed E-state index contributed by atoms with van der Waals surface area (Å²) < 4.78 is 6.43. The lowest BCUT2D eigenvalue weighted by atomic mass is 10.1. The Balaban J connectivity index is 1.81. The number of imide groups is 1. The molecule has 0 aliphatic carbocycles. The van der Waals surface area contributed by atoms with E-state index in [1.165, 1.54) is 0 Å². The molecule has 3 amide bonds. The fourth-order valence-corrected chi connectivity index (χ4v) is 3.77. The standard InChI is InChI=1S/C19H15BrCl2N2O3/c1-2-24-18(25)16(23-19(24)26)9-11-7-13(20)17(15(22)8-11)27-10-12-5-3-4-6-14(12)21/h3-9H,2,10H2,1H3,(H,23,26)/b16-9+. The molecule has 1 aliphatic heterocycles. The highest BCUT2D eigenvalue weighted by atomic mass is 79.9. The molecule has 1 N–H and O–H groups in total. The first-order chi connectivity index (χ1) is 12.9. The summed E-state index contributed by atoms with van der Waals surface area (Å²) in [6.45, 7) is 2.30. The lowest BCUT2D eigenvalue weighted by molar-refractivity contribution is -0.122. The molecule has 0 bridgehead atoms. The van der Waals surface area contributed by atoms with Crippen molar-refractivity contribution in [2.24, 2.45) is 0 Å². The van der Waals surface area contributed by atoms with Crippen LogP contribution < -0.4 is 10.1 Å². The van der Waals surface area contributed by atoms with Crippen molar-refractivity contribution < 1.29 is 14.3 Å². The molecule has 27 heavy (non-hydrogen) atoms. The highest BCUT2D eigenvalue weighted by Gasteiger charge is 2.32. The fourth-order valence-electron chi connectivity index (χ4n) is 2.59. The van der Waals surface area contributed by atoms with Crippen LogP contribution in [0.3, 0.4) is 0 Å². The number of carbonyl (C=O) groups excluding carboxylic acids is 2. The average molecular weight is 470 g/mol. The predicted molar refractivity (Wildman–Crippen MR) is 109 cm³/mol. The van der Waals surface area contributed by atoms with Gasteiger partial charge in [-0.3, -0.25) is 9.69 Å². The Labute approximate surface area is 175 Å². The van der Waals surface area contributed by atoms with Crippen LogP contribution in [0.25, 0.3) is 6.08 Å². The van der Waals surface area contributed by atoms with E-state index in [0.29, 0.717) is 32.4 Å². The molecular weight excluding hydrogens is 455 g/mol. The first kappa shape index (κ1) is 19.7. The number of likely N-dealkylation sites (N-methyl/N-ethyl adjacent to an activating group) is 1. The van der Waals surface area contributed by atoms with Gasteiger partial charge >= 0.3 is 6.03 Å². The summed E-state index contributed by atoms with van der Waals surface area (Å²) in [7, 11) is 0. The molecule has 5 nitrogen and oxygen atoms in total. The lowest BCUT2D eigenvalue weighted by Crippen LogP contribution is -2.30. The van der Waals surface area contributed by atoms with Crippen molar-refractivity contribution in [3.05, 3.63) is 67.7 Å². The summed E-state index contributed by atoms with van der Waals surface area (Å²) in [4.78, 5) is 25.0. The Morgan fingerprint density at radius 2 is 1.93 bits per heavy atom. The summed E-state index contributed by atoms with van der Waals surface area (Å²) in [6, 6.07) is 10.4. The molecule has 0 aromatic heterocycles. The number of carbonyl (C=O) groups is 2. The van der Waals surface area contributed by atoms with Gasteiger partial charge in [-0.15, -0.1) is 0 Å². The molecule has 8 heteroatoms. The topological polar surface area (TPSA) is 58.6 Å². The highest BCUT2D eigenvalue weighted by Crippen LogP contribution is 2.36. The molecule has 0 spiro atoms. The van der Waals surface area contributed by atoms with Gasteiger partial charge in [0.25, 0.3) is 5.91 Å². The number of benzene rings is 2. The number of amides is 3. The monoisotopic (exact) mass is 468 g/mol. The zero-order chi connectivity index (χ0) is 19.6. The maximum atomic E-state index is 12.2. The number of nitrogens with zero attached hydrogens (tertiary/aromatic N) is 1. The van der Waals surface area contributed by atoms with Crippen molar-refractivity contribution in [2.75, 3.05) is 6.54 Å². The van der Waals surface area contributed by atoms with E-state index in [-0.39, 0.29) is 18.2 Å². The van der Waals surface area contributed by atoms with Crippen LogP contribution in [0.15, 0.2) is 46.6 Å². The van der Waals surface area contributed by atoms with Gasteiger partial charge < -0.3 is 10.1 Å². The molecule has 0 atom stereocenters. The Hall–Kier alpha value is -2.02. The van der Waals surface area contributed by atoms with Crippen LogP contribution in [0.5, 0.6) is 5.75 Å². The molecule has 2 aromatic carbocycles. The molecule has 140 valence electrons. The summed E-state index contributed by atoms with van der Waals surface area (Å²) in [5, 5.41) is 3.53. The number of nitrogens with one attached hydrogen (secondary N) is 1. The SMILES string of the molecule is CCN1C(=O)N/C(=C/c2cc(Cl)c(OCc3ccccc3Cl)c(Br)c2)C1=O. The molecule has 0 unspecified atom stereocenters. The minimum atomic E-state index is -0.432. The van der Waals surface area contributed by atoms with Crippen molar-refractivity contribution in [3.63, 3.8) is 0 Å². The minimum absolute atomic E-state index is 0.203. The van der Waals surface area contributed by atoms with Crippen molar-refractivity contribution in [2.45, 2.75) is 13.5 Å². The van der Waals surface area contributed by atoms with Gasteiger partial charge in [0.1, 0.15) is 12.3 Å². The predicted octanol–water partition coefficient (Wildman–Crippen LogP) is 5.25. The number of hydrogen-bond acceptors (Lipinski definition) is 3. The van der Waals surface area contributed by atoms with E-state index in [2.05, 4.69) is 21.2 Å². The van der Waals surface area contributed by atoms with Crippen LogP contribution in [0.2, 0.25) is 10.0 Å². The Kier molecular flexibility index (Phi) is 6.09. The molecule has 1 aliphatic rings. The number of urea groups is 1. The second kappa shape index (κ2) is 8.33. The zero-order valence-electron chi connectivity index (χ0n) is 14.3. The van der Waals surface area contributed by atoms with Gasteiger partial charge in [0.2, 0.25) is 0 Å². The number of rotatable bonds is 5. The molecule has 1 saturated heterocycles. The Morgan fingerprint density at radius 1 is 1.19 bits per heavy atom. The fraction of sp³-hybridized carbons (Fsp3) is 0.158. The van der Waals surface area contributed by atoms with E-state index < -0.39 is 6.03 Å². The molecular formula is C19H15BrCl2N2O3. The van der Waals surface area contributed by atoms with E-state index in [9.17, 15) is 9.59 Å². The van der Waals surface area contributed by atoms with Crippen molar-refractivity contribution in [1.82, 2.24) is 10.2 Å². The zero-order valence-corrected chi connectivity index (χ0v) is 17.4. The van der Waals surface area contributed by atoms with Crippen LogP contribution in [-0.2, 0) is 11.4 Å².